The number of nitrogens with one attached hydrogen (secondary N) is 1. The molecule has 0 spiro atoms. The van der Waals surface area contributed by atoms with E-state index in [2.05, 4.69) is 19.2 Å². The lowest BCUT2D eigenvalue weighted by Crippen LogP contribution is -2.46. The number of benzene rings is 1. The Kier molecular flexibility index (Phi) is 6.50. The molecule has 3 nitrogen and oxygen atoms in total. The summed E-state index contributed by atoms with van der Waals surface area (Å²) in [6.07, 6.45) is 0.891. The van der Waals surface area contributed by atoms with Crippen molar-refractivity contribution in [1.82, 2.24) is 5.32 Å². The first-order chi connectivity index (χ1) is 9.36. The molecular formula is C16H25ClN2O. The molecule has 1 rings (SSSR count). The summed E-state index contributed by atoms with van der Waals surface area (Å²) in [5, 5.41) is 3.75. The fourth-order valence-electron chi connectivity index (χ4n) is 2.07. The van der Waals surface area contributed by atoms with Crippen LogP contribution in [0.2, 0.25) is 5.02 Å². The zero-order valence-corrected chi connectivity index (χ0v) is 13.4. The Morgan fingerprint density at radius 1 is 1.25 bits per heavy atom. The molecule has 3 N–H and O–H groups in total. The Balaban J connectivity index is 2.83. The molecule has 112 valence electrons. The first kappa shape index (κ1) is 17.0. The van der Waals surface area contributed by atoms with Crippen LogP contribution >= 0.6 is 11.6 Å². The Morgan fingerprint density at radius 2 is 1.80 bits per heavy atom. The van der Waals surface area contributed by atoms with Crippen molar-refractivity contribution >= 4 is 17.5 Å². The lowest BCUT2D eigenvalue weighted by molar-refractivity contribution is -0.124. The predicted octanol–water partition coefficient (Wildman–Crippen LogP) is 3.53. The zero-order valence-electron chi connectivity index (χ0n) is 12.7. The molecule has 4 heteroatoms. The number of hydrogen-bond acceptors (Lipinski definition) is 2. The van der Waals surface area contributed by atoms with Crippen molar-refractivity contribution in [2.75, 3.05) is 0 Å². The van der Waals surface area contributed by atoms with Crippen molar-refractivity contribution in [2.45, 2.75) is 46.2 Å². The van der Waals surface area contributed by atoms with Crippen LogP contribution in [0.1, 0.15) is 45.7 Å². The van der Waals surface area contributed by atoms with E-state index in [0.717, 1.165) is 12.0 Å². The molecule has 20 heavy (non-hydrogen) atoms. The highest BCUT2D eigenvalue weighted by molar-refractivity contribution is 6.30. The lowest BCUT2D eigenvalue weighted by atomic mass is 9.94. The van der Waals surface area contributed by atoms with E-state index in [9.17, 15) is 4.79 Å². The molecule has 0 radical (unpaired) electrons. The minimum absolute atomic E-state index is 0.0464. The van der Waals surface area contributed by atoms with E-state index >= 15 is 0 Å². The normalized spacial score (nSPS) is 15.8. The average Bonchev–Trinajstić information content (AvgIpc) is 2.43. The monoisotopic (exact) mass is 296 g/mol. The minimum Gasteiger partial charge on any atom is -0.348 e. The molecule has 0 saturated carbocycles. The van der Waals surface area contributed by atoms with E-state index in [0.29, 0.717) is 5.02 Å². The molecule has 1 amide bonds. The summed E-state index contributed by atoms with van der Waals surface area (Å²) in [5.74, 6) is 0.366. The van der Waals surface area contributed by atoms with Crippen LogP contribution in [0.15, 0.2) is 24.3 Å². The van der Waals surface area contributed by atoms with Crippen molar-refractivity contribution in [1.29, 1.82) is 0 Å². The maximum absolute atomic E-state index is 12.2. The molecule has 0 bridgehead atoms. The summed E-state index contributed by atoms with van der Waals surface area (Å²) >= 11 is 5.91. The van der Waals surface area contributed by atoms with Crippen molar-refractivity contribution in [3.63, 3.8) is 0 Å². The SMILES string of the molecule is CCC(C)C(N)C(=O)NC(c1ccc(Cl)cc1)C(C)C. The van der Waals surface area contributed by atoms with Crippen LogP contribution < -0.4 is 11.1 Å². The van der Waals surface area contributed by atoms with E-state index in [1.54, 1.807) is 0 Å². The van der Waals surface area contributed by atoms with E-state index in [4.69, 9.17) is 17.3 Å². The smallest absolute Gasteiger partial charge is 0.237 e. The predicted molar refractivity (Wildman–Crippen MR) is 84.6 cm³/mol. The average molecular weight is 297 g/mol. The van der Waals surface area contributed by atoms with E-state index in [1.165, 1.54) is 0 Å². The molecule has 3 atom stereocenters. The van der Waals surface area contributed by atoms with Gasteiger partial charge in [0.1, 0.15) is 0 Å². The van der Waals surface area contributed by atoms with Gasteiger partial charge in [0.25, 0.3) is 0 Å². The first-order valence-corrected chi connectivity index (χ1v) is 7.56. The molecule has 1 aromatic carbocycles. The maximum atomic E-state index is 12.2. The van der Waals surface area contributed by atoms with Gasteiger partial charge in [-0.1, -0.05) is 57.8 Å². The summed E-state index contributed by atoms with van der Waals surface area (Å²) in [5.41, 5.74) is 7.04. The molecule has 3 unspecified atom stereocenters. The van der Waals surface area contributed by atoms with Crippen molar-refractivity contribution in [3.8, 4) is 0 Å². The van der Waals surface area contributed by atoms with Gasteiger partial charge in [0, 0.05) is 5.02 Å². The van der Waals surface area contributed by atoms with Crippen molar-refractivity contribution < 1.29 is 4.79 Å². The van der Waals surface area contributed by atoms with Gasteiger partial charge in [0.2, 0.25) is 5.91 Å². The van der Waals surface area contributed by atoms with Crippen LogP contribution in [-0.4, -0.2) is 11.9 Å². The fourth-order valence-corrected chi connectivity index (χ4v) is 2.19. The number of rotatable bonds is 6. The second kappa shape index (κ2) is 7.65. The number of carbonyl (C=O) groups is 1. The Morgan fingerprint density at radius 3 is 2.25 bits per heavy atom. The van der Waals surface area contributed by atoms with E-state index < -0.39 is 6.04 Å². The molecule has 0 aliphatic rings. The molecule has 0 heterocycles. The summed E-state index contributed by atoms with van der Waals surface area (Å²) < 4.78 is 0. The van der Waals surface area contributed by atoms with Gasteiger partial charge < -0.3 is 11.1 Å². The molecule has 0 aromatic heterocycles. The van der Waals surface area contributed by atoms with Gasteiger partial charge in [-0.15, -0.1) is 0 Å². The van der Waals surface area contributed by atoms with Gasteiger partial charge in [-0.2, -0.15) is 0 Å². The van der Waals surface area contributed by atoms with Crippen LogP contribution in [0.25, 0.3) is 0 Å². The lowest BCUT2D eigenvalue weighted by Gasteiger charge is -2.26. The van der Waals surface area contributed by atoms with Gasteiger partial charge in [0.15, 0.2) is 0 Å². The number of halogens is 1. The van der Waals surface area contributed by atoms with Crippen molar-refractivity contribution in [2.24, 2.45) is 17.6 Å². The number of carbonyl (C=O) groups excluding carboxylic acids is 1. The molecular weight excluding hydrogens is 272 g/mol. The highest BCUT2D eigenvalue weighted by atomic mass is 35.5. The molecule has 1 aromatic rings. The van der Waals surface area contributed by atoms with Crippen LogP contribution in [0.5, 0.6) is 0 Å². The summed E-state index contributed by atoms with van der Waals surface area (Å²) in [4.78, 5) is 12.2. The zero-order chi connectivity index (χ0) is 15.3. The van der Waals surface area contributed by atoms with E-state index in [-0.39, 0.29) is 23.8 Å². The van der Waals surface area contributed by atoms with Crippen LogP contribution in [0.3, 0.4) is 0 Å². The highest BCUT2D eigenvalue weighted by Crippen LogP contribution is 2.23. The number of amides is 1. The van der Waals surface area contributed by atoms with E-state index in [1.807, 2.05) is 38.1 Å². The topological polar surface area (TPSA) is 55.1 Å². The Hall–Kier alpha value is -1.06. The fraction of sp³-hybridized carbons (Fsp3) is 0.562. The summed E-state index contributed by atoms with van der Waals surface area (Å²) in [6, 6.07) is 7.06. The van der Waals surface area contributed by atoms with Gasteiger partial charge in [-0.25, -0.2) is 0 Å². The van der Waals surface area contributed by atoms with Gasteiger partial charge in [-0.05, 0) is 29.5 Å². The first-order valence-electron chi connectivity index (χ1n) is 7.18. The second-order valence-corrected chi connectivity index (χ2v) is 6.13. The number of nitrogens with two attached hydrogens (primary N) is 1. The van der Waals surface area contributed by atoms with Gasteiger partial charge in [0.05, 0.1) is 12.1 Å². The van der Waals surface area contributed by atoms with Gasteiger partial charge >= 0.3 is 0 Å². The quantitative estimate of drug-likeness (QED) is 0.844. The second-order valence-electron chi connectivity index (χ2n) is 5.69. The Labute approximate surface area is 126 Å². The maximum Gasteiger partial charge on any atom is 0.237 e. The number of hydrogen-bond donors (Lipinski definition) is 2. The summed E-state index contributed by atoms with van der Waals surface area (Å²) in [6.45, 7) is 8.19. The third kappa shape index (κ3) is 4.50. The molecule has 0 fully saturated rings. The standard InChI is InChI=1S/C16H25ClN2O/c1-5-11(4)14(18)16(20)19-15(10(2)3)12-6-8-13(17)9-7-12/h6-11,14-15H,5,18H2,1-4H3,(H,19,20). The Bertz CT molecular complexity index is 431. The molecule has 0 aliphatic heterocycles. The minimum atomic E-state index is -0.464. The van der Waals surface area contributed by atoms with Crippen molar-refractivity contribution in [3.05, 3.63) is 34.9 Å². The van der Waals surface area contributed by atoms with Crippen LogP contribution in [0, 0.1) is 11.8 Å². The summed E-state index contributed by atoms with van der Waals surface area (Å²) in [7, 11) is 0. The third-order valence-corrected chi connectivity index (χ3v) is 4.01. The highest BCUT2D eigenvalue weighted by Gasteiger charge is 2.24. The largest absolute Gasteiger partial charge is 0.348 e. The molecule has 0 aliphatic carbocycles. The van der Waals surface area contributed by atoms with Crippen LogP contribution in [-0.2, 0) is 4.79 Å². The molecule has 0 saturated heterocycles. The third-order valence-electron chi connectivity index (χ3n) is 3.75. The van der Waals surface area contributed by atoms with Gasteiger partial charge in [-0.3, -0.25) is 4.79 Å². The van der Waals surface area contributed by atoms with Crippen LogP contribution in [0.4, 0.5) is 0 Å².